The van der Waals surface area contributed by atoms with E-state index in [1.54, 1.807) is 13.2 Å². The lowest BCUT2D eigenvalue weighted by Gasteiger charge is -2.26. The molecule has 1 aromatic carbocycles. The minimum absolute atomic E-state index is 0.115. The van der Waals surface area contributed by atoms with Crippen molar-refractivity contribution < 1.29 is 14.2 Å². The molecule has 0 radical (unpaired) electrons. The van der Waals surface area contributed by atoms with Crippen LogP contribution in [0.15, 0.2) is 18.2 Å². The van der Waals surface area contributed by atoms with Gasteiger partial charge in [-0.25, -0.2) is 4.39 Å². The van der Waals surface area contributed by atoms with E-state index < -0.39 is 0 Å². The van der Waals surface area contributed by atoms with Crippen LogP contribution in [0, 0.1) is 5.82 Å². The van der Waals surface area contributed by atoms with E-state index in [-0.39, 0.29) is 12.4 Å². The van der Waals surface area contributed by atoms with Gasteiger partial charge in [0, 0.05) is 38.5 Å². The molecular formula is C15H23FN2O2. The van der Waals surface area contributed by atoms with Crippen molar-refractivity contribution in [2.75, 3.05) is 38.3 Å². The van der Waals surface area contributed by atoms with Gasteiger partial charge in [0.2, 0.25) is 0 Å². The minimum atomic E-state index is -0.225. The molecule has 2 rings (SSSR count). The Hall–Kier alpha value is -1.17. The number of ether oxygens (including phenoxy) is 1. The second-order valence-electron chi connectivity index (χ2n) is 5.09. The van der Waals surface area contributed by atoms with Crippen molar-refractivity contribution in [3.8, 4) is 0 Å². The maximum atomic E-state index is 13.5. The molecule has 112 valence electrons. The zero-order valence-corrected chi connectivity index (χ0v) is 11.9. The summed E-state index contributed by atoms with van der Waals surface area (Å²) in [5.41, 5.74) is 1.95. The van der Waals surface area contributed by atoms with Gasteiger partial charge in [-0.1, -0.05) is 0 Å². The molecule has 20 heavy (non-hydrogen) atoms. The maximum absolute atomic E-state index is 13.5. The second-order valence-corrected chi connectivity index (χ2v) is 5.09. The average molecular weight is 282 g/mol. The molecule has 2 N–H and O–H groups in total. The Balaban J connectivity index is 2.09. The third kappa shape index (κ3) is 4.16. The number of methoxy groups -OCH3 is 1. The Morgan fingerprint density at radius 3 is 2.90 bits per heavy atom. The first-order valence-corrected chi connectivity index (χ1v) is 7.12. The Labute approximate surface area is 119 Å². The number of hydrogen-bond donors (Lipinski definition) is 2. The molecule has 0 amide bonds. The molecule has 0 aromatic heterocycles. The van der Waals surface area contributed by atoms with Crippen molar-refractivity contribution in [1.82, 2.24) is 5.32 Å². The highest BCUT2D eigenvalue weighted by molar-refractivity contribution is 5.55. The SMILES string of the molecule is COCCNCc1cc(F)ccc1N(CCO)C1CC1. The van der Waals surface area contributed by atoms with Gasteiger partial charge in [0.05, 0.1) is 13.2 Å². The molecule has 0 spiro atoms. The van der Waals surface area contributed by atoms with E-state index in [0.29, 0.717) is 25.7 Å². The maximum Gasteiger partial charge on any atom is 0.123 e. The smallest absolute Gasteiger partial charge is 0.123 e. The third-order valence-electron chi connectivity index (χ3n) is 3.48. The number of aliphatic hydroxyl groups is 1. The molecule has 1 aliphatic rings. The summed E-state index contributed by atoms with van der Waals surface area (Å²) in [6.07, 6.45) is 2.29. The van der Waals surface area contributed by atoms with Crippen LogP contribution in [0.3, 0.4) is 0 Å². The van der Waals surface area contributed by atoms with Gasteiger partial charge in [-0.3, -0.25) is 0 Å². The van der Waals surface area contributed by atoms with Gasteiger partial charge in [-0.2, -0.15) is 0 Å². The minimum Gasteiger partial charge on any atom is -0.395 e. The average Bonchev–Trinajstić information content (AvgIpc) is 3.26. The molecule has 1 fully saturated rings. The molecule has 0 heterocycles. The summed E-state index contributed by atoms with van der Waals surface area (Å²) in [6.45, 7) is 2.68. The molecule has 1 aliphatic carbocycles. The van der Waals surface area contributed by atoms with Crippen molar-refractivity contribution in [1.29, 1.82) is 0 Å². The van der Waals surface area contributed by atoms with E-state index in [1.807, 2.05) is 6.07 Å². The van der Waals surface area contributed by atoms with Gasteiger partial charge >= 0.3 is 0 Å². The first kappa shape index (κ1) is 15.2. The van der Waals surface area contributed by atoms with Crippen molar-refractivity contribution in [3.63, 3.8) is 0 Å². The molecule has 4 nitrogen and oxygen atoms in total. The quantitative estimate of drug-likeness (QED) is 0.674. The number of halogens is 1. The number of nitrogens with zero attached hydrogens (tertiary/aromatic N) is 1. The standard InChI is InChI=1S/C15H23FN2O2/c1-20-9-6-17-11-12-10-13(16)2-5-15(12)18(7-8-19)14-3-4-14/h2,5,10,14,17,19H,3-4,6-9,11H2,1H3. The summed E-state index contributed by atoms with van der Waals surface area (Å²) >= 11 is 0. The van der Waals surface area contributed by atoms with E-state index in [2.05, 4.69) is 10.2 Å². The van der Waals surface area contributed by atoms with Crippen LogP contribution in [0.2, 0.25) is 0 Å². The van der Waals surface area contributed by atoms with E-state index in [0.717, 1.165) is 30.6 Å². The summed E-state index contributed by atoms with van der Waals surface area (Å²) in [5, 5.41) is 12.5. The van der Waals surface area contributed by atoms with Crippen LogP contribution in [-0.2, 0) is 11.3 Å². The van der Waals surface area contributed by atoms with Crippen LogP contribution in [0.4, 0.5) is 10.1 Å². The normalized spacial score (nSPS) is 14.6. The summed E-state index contributed by atoms with van der Waals surface area (Å²) in [4.78, 5) is 2.19. The molecule has 0 unspecified atom stereocenters. The highest BCUT2D eigenvalue weighted by Gasteiger charge is 2.30. The van der Waals surface area contributed by atoms with Gasteiger partial charge in [0.15, 0.2) is 0 Å². The van der Waals surface area contributed by atoms with Crippen LogP contribution < -0.4 is 10.2 Å². The number of anilines is 1. The van der Waals surface area contributed by atoms with Gasteiger partial charge < -0.3 is 20.1 Å². The number of benzene rings is 1. The van der Waals surface area contributed by atoms with E-state index in [4.69, 9.17) is 4.74 Å². The molecule has 1 aromatic rings. The highest BCUT2D eigenvalue weighted by Crippen LogP contribution is 2.33. The molecule has 0 bridgehead atoms. The Morgan fingerprint density at radius 1 is 1.45 bits per heavy atom. The van der Waals surface area contributed by atoms with Crippen molar-refractivity contribution >= 4 is 5.69 Å². The summed E-state index contributed by atoms with van der Waals surface area (Å²) in [6, 6.07) is 5.37. The van der Waals surface area contributed by atoms with E-state index >= 15 is 0 Å². The molecule has 0 aliphatic heterocycles. The highest BCUT2D eigenvalue weighted by atomic mass is 19.1. The zero-order chi connectivity index (χ0) is 14.4. The van der Waals surface area contributed by atoms with Crippen molar-refractivity contribution in [3.05, 3.63) is 29.6 Å². The fourth-order valence-corrected chi connectivity index (χ4v) is 2.37. The molecule has 0 saturated heterocycles. The van der Waals surface area contributed by atoms with Gasteiger partial charge in [0.1, 0.15) is 5.82 Å². The first-order chi connectivity index (χ1) is 9.76. The van der Waals surface area contributed by atoms with Gasteiger partial charge in [-0.15, -0.1) is 0 Å². The van der Waals surface area contributed by atoms with Crippen LogP contribution in [-0.4, -0.2) is 44.6 Å². The predicted molar refractivity (Wildman–Crippen MR) is 77.4 cm³/mol. The fourth-order valence-electron chi connectivity index (χ4n) is 2.37. The first-order valence-electron chi connectivity index (χ1n) is 7.12. The lowest BCUT2D eigenvalue weighted by Crippen LogP contribution is -2.30. The predicted octanol–water partition coefficient (Wildman–Crippen LogP) is 1.52. The number of hydrogen-bond acceptors (Lipinski definition) is 4. The molecule has 5 heteroatoms. The van der Waals surface area contributed by atoms with Crippen molar-refractivity contribution in [2.24, 2.45) is 0 Å². The topological polar surface area (TPSA) is 44.7 Å². The van der Waals surface area contributed by atoms with E-state index in [9.17, 15) is 9.50 Å². The number of nitrogens with one attached hydrogen (secondary N) is 1. The Kier molecular flexibility index (Phi) is 5.76. The molecule has 1 saturated carbocycles. The summed E-state index contributed by atoms with van der Waals surface area (Å²) in [7, 11) is 1.66. The summed E-state index contributed by atoms with van der Waals surface area (Å²) in [5.74, 6) is -0.225. The third-order valence-corrected chi connectivity index (χ3v) is 3.48. The van der Waals surface area contributed by atoms with Gasteiger partial charge in [0.25, 0.3) is 0 Å². The monoisotopic (exact) mass is 282 g/mol. The van der Waals surface area contributed by atoms with Crippen LogP contribution in [0.25, 0.3) is 0 Å². The Bertz CT molecular complexity index is 424. The van der Waals surface area contributed by atoms with Crippen LogP contribution in [0.1, 0.15) is 18.4 Å². The van der Waals surface area contributed by atoms with Crippen molar-refractivity contribution in [2.45, 2.75) is 25.4 Å². The summed E-state index contributed by atoms with van der Waals surface area (Å²) < 4.78 is 18.5. The number of rotatable bonds is 9. The van der Waals surface area contributed by atoms with Crippen LogP contribution in [0.5, 0.6) is 0 Å². The molecular weight excluding hydrogens is 259 g/mol. The fraction of sp³-hybridized carbons (Fsp3) is 0.600. The second kappa shape index (κ2) is 7.57. The largest absolute Gasteiger partial charge is 0.395 e. The Morgan fingerprint density at radius 2 is 2.25 bits per heavy atom. The lowest BCUT2D eigenvalue weighted by molar-refractivity contribution is 0.199. The van der Waals surface area contributed by atoms with E-state index in [1.165, 1.54) is 6.07 Å². The number of aliphatic hydroxyl groups excluding tert-OH is 1. The zero-order valence-electron chi connectivity index (χ0n) is 11.9. The lowest BCUT2D eigenvalue weighted by atomic mass is 10.1. The van der Waals surface area contributed by atoms with Gasteiger partial charge in [-0.05, 0) is 36.6 Å². The van der Waals surface area contributed by atoms with Crippen LogP contribution >= 0.6 is 0 Å². The molecule has 0 atom stereocenters.